The minimum Gasteiger partial charge on any atom is -0.303 e. The molecule has 2 heteroatoms. The van der Waals surface area contributed by atoms with Crippen LogP contribution in [0.5, 0.6) is 0 Å². The van der Waals surface area contributed by atoms with Crippen molar-refractivity contribution in [3.05, 3.63) is 0 Å². The van der Waals surface area contributed by atoms with Crippen LogP contribution in [0.2, 0.25) is 0 Å². The summed E-state index contributed by atoms with van der Waals surface area (Å²) in [5, 5.41) is 0. The molecule has 1 fully saturated rings. The minimum atomic E-state index is -0.594. The average molecular weight is 161 g/mol. The number of hydrogen-bond acceptors (Lipinski definition) is 1. The van der Waals surface area contributed by atoms with Gasteiger partial charge in [-0.1, -0.05) is 20.8 Å². The van der Waals surface area contributed by atoms with E-state index in [1.54, 1.807) is 0 Å². The number of hydrogen-bond donors (Lipinski definition) is 0. The number of likely N-dealkylation sites (tertiary alicyclic amines) is 1. The van der Waals surface area contributed by atoms with E-state index in [1.807, 2.05) is 32.7 Å². The molecule has 11 heavy (non-hydrogen) atoms. The van der Waals surface area contributed by atoms with Gasteiger partial charge in [-0.15, -0.1) is 0 Å². The third-order valence-corrected chi connectivity index (χ3v) is 2.07. The van der Waals surface area contributed by atoms with Crippen LogP contribution in [0.4, 0.5) is 4.39 Å². The number of alkyl halides is 1. The van der Waals surface area contributed by atoms with Gasteiger partial charge in [0.25, 0.3) is 0 Å². The van der Waals surface area contributed by atoms with Crippen molar-refractivity contribution in [2.24, 2.45) is 5.92 Å². The first kappa shape index (κ1) is 10.9. The van der Waals surface area contributed by atoms with Crippen LogP contribution in [0, 0.1) is 5.92 Å². The van der Waals surface area contributed by atoms with Crippen LogP contribution in [0.3, 0.4) is 0 Å². The van der Waals surface area contributed by atoms with Crippen LogP contribution in [0.25, 0.3) is 0 Å². The number of rotatable bonds is 0. The van der Waals surface area contributed by atoms with Gasteiger partial charge in [-0.05, 0) is 25.9 Å². The molecule has 0 N–H and O–H groups in total. The second kappa shape index (κ2) is 5.53. The summed E-state index contributed by atoms with van der Waals surface area (Å²) >= 11 is 0. The molecule has 1 nitrogen and oxygen atoms in total. The summed E-state index contributed by atoms with van der Waals surface area (Å²) in [4.78, 5) is 2.05. The van der Waals surface area contributed by atoms with Crippen molar-refractivity contribution >= 4 is 0 Å². The van der Waals surface area contributed by atoms with Gasteiger partial charge in [0.2, 0.25) is 0 Å². The van der Waals surface area contributed by atoms with E-state index in [2.05, 4.69) is 0 Å². The molecule has 68 valence electrons. The maximum atomic E-state index is 12.8. The molecule has 2 atom stereocenters. The Kier molecular flexibility index (Phi) is 5.47. The summed E-state index contributed by atoms with van der Waals surface area (Å²) in [6.07, 6.45) is 0.418. The second-order valence-corrected chi connectivity index (χ2v) is 3.04. The van der Waals surface area contributed by atoms with Crippen molar-refractivity contribution in [2.75, 3.05) is 20.1 Å². The van der Waals surface area contributed by atoms with Crippen LogP contribution >= 0.6 is 0 Å². The second-order valence-electron chi connectivity index (χ2n) is 3.04. The molecule has 1 aliphatic rings. The van der Waals surface area contributed by atoms with E-state index in [0.717, 1.165) is 13.0 Å². The van der Waals surface area contributed by atoms with E-state index in [0.29, 0.717) is 6.54 Å². The molecule has 0 amide bonds. The molecule has 0 saturated carbocycles. The highest BCUT2D eigenvalue weighted by Crippen LogP contribution is 2.17. The lowest BCUT2D eigenvalue weighted by Gasteiger charge is -2.29. The van der Waals surface area contributed by atoms with E-state index in [4.69, 9.17) is 0 Å². The standard InChI is InChI=1S/C7H14FN.C2H6/c1-6-3-4-9(2)5-7(6)8;1-2/h6-7H,3-5H2,1-2H3;1-2H3/t6-,7-;/m1./s1. The monoisotopic (exact) mass is 161 g/mol. The Morgan fingerprint density at radius 1 is 1.36 bits per heavy atom. The molecule has 0 aromatic carbocycles. The Balaban J connectivity index is 0.000000461. The van der Waals surface area contributed by atoms with Gasteiger partial charge in [-0.2, -0.15) is 0 Å². The maximum Gasteiger partial charge on any atom is 0.115 e. The third-order valence-electron chi connectivity index (χ3n) is 2.07. The predicted molar refractivity (Wildman–Crippen MR) is 47.5 cm³/mol. The van der Waals surface area contributed by atoms with Crippen LogP contribution in [-0.4, -0.2) is 31.2 Å². The van der Waals surface area contributed by atoms with Crippen molar-refractivity contribution in [2.45, 2.75) is 33.4 Å². The van der Waals surface area contributed by atoms with Gasteiger partial charge >= 0.3 is 0 Å². The molecule has 1 aliphatic heterocycles. The molecule has 0 bridgehead atoms. The van der Waals surface area contributed by atoms with Crippen LogP contribution in [0.15, 0.2) is 0 Å². The first-order valence-electron chi connectivity index (χ1n) is 4.53. The topological polar surface area (TPSA) is 3.24 Å². The fourth-order valence-corrected chi connectivity index (χ4v) is 1.17. The Bertz CT molecular complexity index is 95.6. The highest BCUT2D eigenvalue weighted by Gasteiger charge is 2.22. The third kappa shape index (κ3) is 3.71. The summed E-state index contributed by atoms with van der Waals surface area (Å²) in [5.41, 5.74) is 0. The average Bonchev–Trinajstić information content (AvgIpc) is 2.02. The predicted octanol–water partition coefficient (Wildman–Crippen LogP) is 2.32. The van der Waals surface area contributed by atoms with Crippen molar-refractivity contribution in [3.8, 4) is 0 Å². The molecule has 1 heterocycles. The highest BCUT2D eigenvalue weighted by atomic mass is 19.1. The zero-order chi connectivity index (χ0) is 8.85. The molecule has 1 saturated heterocycles. The summed E-state index contributed by atoms with van der Waals surface area (Å²) in [5.74, 6) is 0.279. The SMILES string of the molecule is CC.C[C@@H]1CCN(C)C[C@H]1F. The van der Waals surface area contributed by atoms with E-state index < -0.39 is 6.17 Å². The Morgan fingerprint density at radius 3 is 2.27 bits per heavy atom. The smallest absolute Gasteiger partial charge is 0.115 e. The molecule has 0 aliphatic carbocycles. The lowest BCUT2D eigenvalue weighted by Crippen LogP contribution is -2.38. The summed E-state index contributed by atoms with van der Waals surface area (Å²) in [6.45, 7) is 7.67. The first-order chi connectivity index (χ1) is 5.20. The van der Waals surface area contributed by atoms with Gasteiger partial charge < -0.3 is 4.90 Å². The fraction of sp³-hybridized carbons (Fsp3) is 1.00. The largest absolute Gasteiger partial charge is 0.303 e. The van der Waals surface area contributed by atoms with E-state index in [1.165, 1.54) is 0 Å². The Morgan fingerprint density at radius 2 is 1.91 bits per heavy atom. The molecular formula is C9H20FN. The first-order valence-corrected chi connectivity index (χ1v) is 4.53. The fourth-order valence-electron chi connectivity index (χ4n) is 1.17. The number of piperidine rings is 1. The van der Waals surface area contributed by atoms with Crippen LogP contribution < -0.4 is 0 Å². The van der Waals surface area contributed by atoms with Gasteiger partial charge in [0.1, 0.15) is 6.17 Å². The lowest BCUT2D eigenvalue weighted by molar-refractivity contribution is 0.112. The quantitative estimate of drug-likeness (QED) is 0.527. The summed E-state index contributed by atoms with van der Waals surface area (Å²) in [6, 6.07) is 0. The van der Waals surface area contributed by atoms with E-state index >= 15 is 0 Å². The molecule has 0 radical (unpaired) electrons. The summed E-state index contributed by atoms with van der Waals surface area (Å²) < 4.78 is 12.8. The number of nitrogens with zero attached hydrogens (tertiary/aromatic N) is 1. The van der Waals surface area contributed by atoms with Crippen molar-refractivity contribution in [1.82, 2.24) is 4.90 Å². The van der Waals surface area contributed by atoms with Gasteiger partial charge in [-0.3, -0.25) is 0 Å². The number of halogens is 1. The van der Waals surface area contributed by atoms with Gasteiger partial charge in [-0.25, -0.2) is 4.39 Å². The van der Waals surface area contributed by atoms with E-state index in [-0.39, 0.29) is 5.92 Å². The van der Waals surface area contributed by atoms with Crippen molar-refractivity contribution < 1.29 is 4.39 Å². The Hall–Kier alpha value is -0.110. The van der Waals surface area contributed by atoms with E-state index in [9.17, 15) is 4.39 Å². The van der Waals surface area contributed by atoms with Crippen molar-refractivity contribution in [1.29, 1.82) is 0 Å². The van der Waals surface area contributed by atoms with Crippen LogP contribution in [-0.2, 0) is 0 Å². The summed E-state index contributed by atoms with van der Waals surface area (Å²) in [7, 11) is 1.97. The van der Waals surface area contributed by atoms with Gasteiger partial charge in [0.05, 0.1) is 0 Å². The van der Waals surface area contributed by atoms with Gasteiger partial charge in [0.15, 0.2) is 0 Å². The zero-order valence-corrected chi connectivity index (χ0v) is 8.10. The Labute approximate surface area is 69.6 Å². The van der Waals surface area contributed by atoms with Crippen molar-refractivity contribution in [3.63, 3.8) is 0 Å². The minimum absolute atomic E-state index is 0.279. The molecule has 1 rings (SSSR count). The molecule has 0 unspecified atom stereocenters. The zero-order valence-electron chi connectivity index (χ0n) is 8.10. The highest BCUT2D eigenvalue weighted by molar-refractivity contribution is 4.74. The molecule has 0 aromatic rings. The van der Waals surface area contributed by atoms with Crippen LogP contribution in [0.1, 0.15) is 27.2 Å². The normalized spacial score (nSPS) is 32.5. The van der Waals surface area contributed by atoms with Gasteiger partial charge in [0, 0.05) is 6.54 Å². The molecular weight excluding hydrogens is 141 g/mol. The maximum absolute atomic E-state index is 12.8. The molecule has 0 aromatic heterocycles. The lowest BCUT2D eigenvalue weighted by atomic mass is 9.98. The molecule has 0 spiro atoms.